The summed E-state index contributed by atoms with van der Waals surface area (Å²) in [5.74, 6) is 0. The average Bonchev–Trinajstić information content (AvgIpc) is 2.66. The maximum Gasteiger partial charge on any atom is 0.331 e. The first kappa shape index (κ1) is 11.1. The minimum atomic E-state index is -0.156. The summed E-state index contributed by atoms with van der Waals surface area (Å²) in [6.45, 7) is 2.01. The molecule has 0 aliphatic heterocycles. The largest absolute Gasteiger partial charge is 0.331 e. The molecule has 90 valence electrons. The molecule has 0 saturated heterocycles. The molecule has 0 aliphatic carbocycles. The molecule has 0 radical (unpaired) electrons. The van der Waals surface area contributed by atoms with Gasteiger partial charge < -0.3 is 4.98 Å². The highest BCUT2D eigenvalue weighted by molar-refractivity contribution is 6.31. The summed E-state index contributed by atoms with van der Waals surface area (Å²) in [6, 6.07) is 13.2. The number of nitrogens with zero attached hydrogens (tertiary/aromatic N) is 1. The maximum atomic E-state index is 12.0. The third kappa shape index (κ3) is 1.73. The number of H-pyrrole nitrogens is 1. The van der Waals surface area contributed by atoms with E-state index in [1.807, 2.05) is 37.3 Å². The molecule has 3 aromatic rings. The van der Waals surface area contributed by atoms with Crippen molar-refractivity contribution in [1.29, 1.82) is 0 Å². The van der Waals surface area contributed by atoms with E-state index in [1.54, 1.807) is 16.7 Å². The SMILES string of the molecule is Cc1ccc(-n2c(=O)[nH]c3ccc(Cl)cc32)cc1. The molecule has 0 saturated carbocycles. The topological polar surface area (TPSA) is 37.8 Å². The molecule has 18 heavy (non-hydrogen) atoms. The first-order valence-electron chi connectivity index (χ1n) is 5.62. The Balaban J connectivity index is 2.34. The van der Waals surface area contributed by atoms with Crippen LogP contribution in [0.3, 0.4) is 0 Å². The van der Waals surface area contributed by atoms with Crippen LogP contribution >= 0.6 is 11.6 Å². The number of imidazole rings is 1. The summed E-state index contributed by atoms with van der Waals surface area (Å²) in [5, 5.41) is 0.613. The Hall–Kier alpha value is -2.00. The van der Waals surface area contributed by atoms with E-state index < -0.39 is 0 Å². The lowest BCUT2D eigenvalue weighted by Crippen LogP contribution is -2.14. The van der Waals surface area contributed by atoms with Crippen LogP contribution in [0.1, 0.15) is 5.56 Å². The van der Waals surface area contributed by atoms with Crippen molar-refractivity contribution in [3.05, 3.63) is 63.5 Å². The van der Waals surface area contributed by atoms with Gasteiger partial charge in [0.15, 0.2) is 0 Å². The lowest BCUT2D eigenvalue weighted by Gasteiger charge is -2.03. The van der Waals surface area contributed by atoms with Gasteiger partial charge in [0.05, 0.1) is 16.7 Å². The van der Waals surface area contributed by atoms with E-state index in [4.69, 9.17) is 11.6 Å². The molecule has 4 heteroatoms. The summed E-state index contributed by atoms with van der Waals surface area (Å²) in [7, 11) is 0. The standard InChI is InChI=1S/C14H11ClN2O/c1-9-2-5-11(6-3-9)17-13-8-10(15)4-7-12(13)16-14(17)18/h2-8H,1H3,(H,16,18). The molecule has 2 aromatic carbocycles. The van der Waals surface area contributed by atoms with Crippen molar-refractivity contribution in [2.24, 2.45) is 0 Å². The fourth-order valence-electron chi connectivity index (χ4n) is 2.03. The summed E-state index contributed by atoms with van der Waals surface area (Å²) in [6.07, 6.45) is 0. The first-order valence-corrected chi connectivity index (χ1v) is 6.00. The predicted octanol–water partition coefficient (Wildman–Crippen LogP) is 3.28. The summed E-state index contributed by atoms with van der Waals surface area (Å²) in [4.78, 5) is 14.8. The van der Waals surface area contributed by atoms with Crippen molar-refractivity contribution in [2.75, 3.05) is 0 Å². The molecule has 0 unspecified atom stereocenters. The second kappa shape index (κ2) is 4.03. The molecule has 1 heterocycles. The fourth-order valence-corrected chi connectivity index (χ4v) is 2.19. The first-order chi connectivity index (χ1) is 8.65. The number of aryl methyl sites for hydroxylation is 1. The molecule has 0 amide bonds. The minimum absolute atomic E-state index is 0.156. The van der Waals surface area contributed by atoms with Crippen molar-refractivity contribution in [3.8, 4) is 5.69 Å². The van der Waals surface area contributed by atoms with Crippen LogP contribution in [0.15, 0.2) is 47.3 Å². The normalized spacial score (nSPS) is 11.0. The number of hydrogen-bond acceptors (Lipinski definition) is 1. The van der Waals surface area contributed by atoms with Gasteiger partial charge in [-0.1, -0.05) is 29.3 Å². The molecule has 3 nitrogen and oxygen atoms in total. The molecule has 0 fully saturated rings. The van der Waals surface area contributed by atoms with E-state index in [1.165, 1.54) is 0 Å². The van der Waals surface area contributed by atoms with Crippen molar-refractivity contribution >= 4 is 22.6 Å². The van der Waals surface area contributed by atoms with Crippen LogP contribution in [-0.2, 0) is 0 Å². The quantitative estimate of drug-likeness (QED) is 0.715. The molecular weight excluding hydrogens is 248 g/mol. The smallest absolute Gasteiger partial charge is 0.305 e. The van der Waals surface area contributed by atoms with Gasteiger partial charge in [-0.2, -0.15) is 0 Å². The van der Waals surface area contributed by atoms with Crippen molar-refractivity contribution in [3.63, 3.8) is 0 Å². The Morgan fingerprint density at radius 3 is 2.56 bits per heavy atom. The Bertz CT molecular complexity index is 769. The molecule has 3 rings (SSSR count). The molecule has 1 N–H and O–H groups in total. The fraction of sp³-hybridized carbons (Fsp3) is 0.0714. The van der Waals surface area contributed by atoms with Crippen LogP contribution < -0.4 is 5.69 Å². The molecule has 0 atom stereocenters. The average molecular weight is 259 g/mol. The minimum Gasteiger partial charge on any atom is -0.305 e. The summed E-state index contributed by atoms with van der Waals surface area (Å²) >= 11 is 5.98. The predicted molar refractivity (Wildman–Crippen MR) is 73.6 cm³/mol. The van der Waals surface area contributed by atoms with E-state index in [0.29, 0.717) is 5.02 Å². The van der Waals surface area contributed by atoms with Gasteiger partial charge in [-0.05, 0) is 37.3 Å². The summed E-state index contributed by atoms with van der Waals surface area (Å²) < 4.78 is 1.63. The van der Waals surface area contributed by atoms with Gasteiger partial charge in [0.1, 0.15) is 0 Å². The van der Waals surface area contributed by atoms with Crippen molar-refractivity contribution in [1.82, 2.24) is 9.55 Å². The molecule has 1 aromatic heterocycles. The zero-order chi connectivity index (χ0) is 12.7. The molecule has 0 bridgehead atoms. The van der Waals surface area contributed by atoms with Crippen LogP contribution in [0, 0.1) is 6.92 Å². The number of hydrogen-bond donors (Lipinski definition) is 1. The Labute approximate surface area is 109 Å². The zero-order valence-electron chi connectivity index (χ0n) is 9.77. The van der Waals surface area contributed by atoms with Crippen molar-refractivity contribution in [2.45, 2.75) is 6.92 Å². The molecule has 0 spiro atoms. The van der Waals surface area contributed by atoms with E-state index in [-0.39, 0.29) is 5.69 Å². The Morgan fingerprint density at radius 1 is 1.11 bits per heavy atom. The van der Waals surface area contributed by atoms with Gasteiger partial charge in [0.25, 0.3) is 0 Å². The van der Waals surface area contributed by atoms with Gasteiger partial charge in [0.2, 0.25) is 0 Å². The van der Waals surface area contributed by atoms with Crippen LogP contribution in [-0.4, -0.2) is 9.55 Å². The lowest BCUT2D eigenvalue weighted by molar-refractivity contribution is 1.01. The number of fused-ring (bicyclic) bond motifs is 1. The number of halogens is 1. The number of benzene rings is 2. The number of nitrogens with one attached hydrogen (secondary N) is 1. The van der Waals surface area contributed by atoms with Crippen LogP contribution in [0.4, 0.5) is 0 Å². The van der Waals surface area contributed by atoms with Crippen molar-refractivity contribution < 1.29 is 0 Å². The third-order valence-corrected chi connectivity index (χ3v) is 3.17. The zero-order valence-corrected chi connectivity index (χ0v) is 10.5. The summed E-state index contributed by atoms with van der Waals surface area (Å²) in [5.41, 5.74) is 3.40. The van der Waals surface area contributed by atoms with E-state index in [2.05, 4.69) is 4.98 Å². The van der Waals surface area contributed by atoms with Crippen LogP contribution in [0.2, 0.25) is 5.02 Å². The maximum absolute atomic E-state index is 12.0. The second-order valence-corrected chi connectivity index (χ2v) is 4.70. The monoisotopic (exact) mass is 258 g/mol. The van der Waals surface area contributed by atoms with E-state index in [0.717, 1.165) is 22.3 Å². The van der Waals surface area contributed by atoms with Gasteiger partial charge in [0, 0.05) is 5.02 Å². The highest BCUT2D eigenvalue weighted by Gasteiger charge is 2.08. The Kier molecular flexibility index (Phi) is 2.49. The van der Waals surface area contributed by atoms with E-state index >= 15 is 0 Å². The highest BCUT2D eigenvalue weighted by Crippen LogP contribution is 2.19. The van der Waals surface area contributed by atoms with Gasteiger partial charge in [-0.25, -0.2) is 4.79 Å². The van der Waals surface area contributed by atoms with Crippen LogP contribution in [0.5, 0.6) is 0 Å². The number of aromatic amines is 1. The highest BCUT2D eigenvalue weighted by atomic mass is 35.5. The Morgan fingerprint density at radius 2 is 1.83 bits per heavy atom. The molecular formula is C14H11ClN2O. The molecule has 0 aliphatic rings. The lowest BCUT2D eigenvalue weighted by atomic mass is 10.2. The van der Waals surface area contributed by atoms with Gasteiger partial charge in [-0.15, -0.1) is 0 Å². The van der Waals surface area contributed by atoms with Crippen LogP contribution in [0.25, 0.3) is 16.7 Å². The number of rotatable bonds is 1. The van der Waals surface area contributed by atoms with Gasteiger partial charge >= 0.3 is 5.69 Å². The third-order valence-electron chi connectivity index (χ3n) is 2.94. The number of aromatic nitrogens is 2. The van der Waals surface area contributed by atoms with Gasteiger partial charge in [-0.3, -0.25) is 4.57 Å². The second-order valence-electron chi connectivity index (χ2n) is 4.26. The van der Waals surface area contributed by atoms with E-state index in [9.17, 15) is 4.79 Å².